The quantitative estimate of drug-likeness (QED) is 0.870. The van der Waals surface area contributed by atoms with Crippen LogP contribution < -0.4 is 10.5 Å². The van der Waals surface area contributed by atoms with Gasteiger partial charge in [-0.05, 0) is 30.7 Å². The number of nitrogen functional groups attached to an aromatic ring is 1. The Morgan fingerprint density at radius 2 is 1.82 bits per heavy atom. The van der Waals surface area contributed by atoms with E-state index < -0.39 is 0 Å². The molecule has 3 heteroatoms. The van der Waals surface area contributed by atoms with Crippen LogP contribution in [-0.2, 0) is 6.61 Å². The molecule has 0 saturated heterocycles. The Labute approximate surface area is 110 Å². The third-order valence-corrected chi connectivity index (χ3v) is 2.98. The highest BCUT2D eigenvalue weighted by atomic mass is 79.9. The van der Waals surface area contributed by atoms with Crippen molar-refractivity contribution in [3.8, 4) is 5.75 Å². The number of anilines is 1. The van der Waals surface area contributed by atoms with Gasteiger partial charge < -0.3 is 10.5 Å². The minimum Gasteiger partial charge on any atom is -0.487 e. The van der Waals surface area contributed by atoms with Crippen LogP contribution >= 0.6 is 15.9 Å². The van der Waals surface area contributed by atoms with Gasteiger partial charge >= 0.3 is 0 Å². The van der Waals surface area contributed by atoms with Crippen LogP contribution in [0.25, 0.3) is 0 Å². The minimum absolute atomic E-state index is 0.534. The van der Waals surface area contributed by atoms with Crippen molar-refractivity contribution in [1.29, 1.82) is 0 Å². The maximum Gasteiger partial charge on any atom is 0.142 e. The molecule has 0 bridgehead atoms. The smallest absolute Gasteiger partial charge is 0.142 e. The number of benzene rings is 2. The van der Waals surface area contributed by atoms with E-state index in [0.717, 1.165) is 10.0 Å². The van der Waals surface area contributed by atoms with Crippen LogP contribution in [0, 0.1) is 6.92 Å². The molecule has 0 aliphatic carbocycles. The second-order valence-electron chi connectivity index (χ2n) is 3.96. The Kier molecular flexibility index (Phi) is 3.69. The lowest BCUT2D eigenvalue weighted by atomic mass is 10.2. The molecule has 0 radical (unpaired) electrons. The predicted molar refractivity (Wildman–Crippen MR) is 74.1 cm³/mol. The van der Waals surface area contributed by atoms with Gasteiger partial charge in [-0.1, -0.05) is 45.8 Å². The molecule has 2 rings (SSSR count). The van der Waals surface area contributed by atoms with Gasteiger partial charge in [-0.3, -0.25) is 0 Å². The van der Waals surface area contributed by atoms with Crippen molar-refractivity contribution in [2.45, 2.75) is 13.5 Å². The van der Waals surface area contributed by atoms with E-state index in [2.05, 4.69) is 47.1 Å². The number of ether oxygens (including phenoxy) is 1. The monoisotopic (exact) mass is 291 g/mol. The van der Waals surface area contributed by atoms with E-state index in [0.29, 0.717) is 18.0 Å². The van der Waals surface area contributed by atoms with Gasteiger partial charge in [0, 0.05) is 4.47 Å². The number of nitrogens with two attached hydrogens (primary N) is 1. The van der Waals surface area contributed by atoms with Crippen LogP contribution in [0.15, 0.2) is 46.9 Å². The largest absolute Gasteiger partial charge is 0.487 e. The number of hydrogen-bond donors (Lipinski definition) is 1. The molecule has 0 unspecified atom stereocenters. The molecule has 2 aromatic rings. The lowest BCUT2D eigenvalue weighted by Gasteiger charge is -2.09. The Bertz CT molecular complexity index is 508. The lowest BCUT2D eigenvalue weighted by molar-refractivity contribution is 0.308. The average molecular weight is 292 g/mol. The third-order valence-electron chi connectivity index (χ3n) is 2.49. The van der Waals surface area contributed by atoms with Crippen molar-refractivity contribution in [3.63, 3.8) is 0 Å². The summed E-state index contributed by atoms with van der Waals surface area (Å²) in [6.45, 7) is 2.60. The van der Waals surface area contributed by atoms with E-state index in [1.165, 1.54) is 5.56 Å². The molecule has 88 valence electrons. The average Bonchev–Trinajstić information content (AvgIpc) is 2.30. The summed E-state index contributed by atoms with van der Waals surface area (Å²) in [6.07, 6.45) is 0. The number of hydrogen-bond acceptors (Lipinski definition) is 2. The molecular weight excluding hydrogens is 278 g/mol. The Hall–Kier alpha value is -1.48. The Morgan fingerprint density at radius 3 is 2.47 bits per heavy atom. The van der Waals surface area contributed by atoms with Crippen molar-refractivity contribution in [3.05, 3.63) is 58.1 Å². The summed E-state index contributed by atoms with van der Waals surface area (Å²) in [4.78, 5) is 0. The lowest BCUT2D eigenvalue weighted by Crippen LogP contribution is -1.98. The molecule has 0 amide bonds. The summed E-state index contributed by atoms with van der Waals surface area (Å²) < 4.78 is 6.63. The van der Waals surface area contributed by atoms with Gasteiger partial charge in [0.2, 0.25) is 0 Å². The Morgan fingerprint density at radius 1 is 1.12 bits per heavy atom. The minimum atomic E-state index is 0.534. The van der Waals surface area contributed by atoms with Gasteiger partial charge in [0.25, 0.3) is 0 Å². The first-order valence-corrected chi connectivity index (χ1v) is 6.18. The molecule has 0 atom stereocenters. The van der Waals surface area contributed by atoms with E-state index in [1.807, 2.05) is 18.2 Å². The first-order chi connectivity index (χ1) is 8.15. The fourth-order valence-electron chi connectivity index (χ4n) is 1.50. The SMILES string of the molecule is Cc1ccc(COc2ccc(Br)cc2N)cc1. The number of rotatable bonds is 3. The second kappa shape index (κ2) is 5.23. The van der Waals surface area contributed by atoms with Crippen LogP contribution in [0.5, 0.6) is 5.75 Å². The molecule has 2 nitrogen and oxygen atoms in total. The third kappa shape index (κ3) is 3.24. The molecule has 2 aromatic carbocycles. The van der Waals surface area contributed by atoms with Crippen molar-refractivity contribution >= 4 is 21.6 Å². The first kappa shape index (κ1) is 12.0. The van der Waals surface area contributed by atoms with Crippen molar-refractivity contribution < 1.29 is 4.74 Å². The summed E-state index contributed by atoms with van der Waals surface area (Å²) in [5, 5.41) is 0. The zero-order valence-corrected chi connectivity index (χ0v) is 11.2. The van der Waals surface area contributed by atoms with E-state index in [1.54, 1.807) is 0 Å². The van der Waals surface area contributed by atoms with Gasteiger partial charge in [-0.15, -0.1) is 0 Å². The zero-order valence-electron chi connectivity index (χ0n) is 9.61. The van der Waals surface area contributed by atoms with Crippen LogP contribution in [0.3, 0.4) is 0 Å². The van der Waals surface area contributed by atoms with Gasteiger partial charge in [0.15, 0.2) is 0 Å². The summed E-state index contributed by atoms with van der Waals surface area (Å²) in [5.41, 5.74) is 8.88. The standard InChI is InChI=1S/C14H14BrNO/c1-10-2-4-11(5-3-10)9-17-14-7-6-12(15)8-13(14)16/h2-8H,9,16H2,1H3. The molecular formula is C14H14BrNO. The van der Waals surface area contributed by atoms with Crippen molar-refractivity contribution in [2.75, 3.05) is 5.73 Å². The number of aryl methyl sites for hydroxylation is 1. The molecule has 0 aliphatic rings. The molecule has 2 N–H and O–H groups in total. The predicted octanol–water partition coefficient (Wildman–Crippen LogP) is 3.92. The molecule has 0 spiro atoms. The van der Waals surface area contributed by atoms with Crippen LogP contribution in [-0.4, -0.2) is 0 Å². The van der Waals surface area contributed by atoms with E-state index >= 15 is 0 Å². The maximum absolute atomic E-state index is 5.85. The van der Waals surface area contributed by atoms with E-state index in [4.69, 9.17) is 10.5 Å². The molecule has 0 saturated carbocycles. The highest BCUT2D eigenvalue weighted by molar-refractivity contribution is 9.10. The summed E-state index contributed by atoms with van der Waals surface area (Å²) >= 11 is 3.36. The van der Waals surface area contributed by atoms with Gasteiger partial charge in [-0.2, -0.15) is 0 Å². The topological polar surface area (TPSA) is 35.2 Å². The van der Waals surface area contributed by atoms with E-state index in [9.17, 15) is 0 Å². The Balaban J connectivity index is 2.04. The summed E-state index contributed by atoms with van der Waals surface area (Å²) in [7, 11) is 0. The molecule has 17 heavy (non-hydrogen) atoms. The fraction of sp³-hybridized carbons (Fsp3) is 0.143. The van der Waals surface area contributed by atoms with Gasteiger partial charge in [0.1, 0.15) is 12.4 Å². The van der Waals surface area contributed by atoms with Crippen molar-refractivity contribution in [1.82, 2.24) is 0 Å². The van der Waals surface area contributed by atoms with Crippen LogP contribution in [0.2, 0.25) is 0 Å². The second-order valence-corrected chi connectivity index (χ2v) is 4.87. The molecule has 0 fully saturated rings. The zero-order chi connectivity index (χ0) is 12.3. The van der Waals surface area contributed by atoms with E-state index in [-0.39, 0.29) is 0 Å². The van der Waals surface area contributed by atoms with Gasteiger partial charge in [0.05, 0.1) is 5.69 Å². The maximum atomic E-state index is 5.85. The normalized spacial score (nSPS) is 10.2. The molecule has 0 aromatic heterocycles. The summed E-state index contributed by atoms with van der Waals surface area (Å²) in [5.74, 6) is 0.716. The molecule has 0 aliphatic heterocycles. The van der Waals surface area contributed by atoms with Crippen LogP contribution in [0.4, 0.5) is 5.69 Å². The highest BCUT2D eigenvalue weighted by Crippen LogP contribution is 2.25. The molecule has 0 heterocycles. The first-order valence-electron chi connectivity index (χ1n) is 5.38. The fourth-order valence-corrected chi connectivity index (χ4v) is 1.87. The summed E-state index contributed by atoms with van der Waals surface area (Å²) in [6, 6.07) is 13.9. The van der Waals surface area contributed by atoms with Gasteiger partial charge in [-0.25, -0.2) is 0 Å². The highest BCUT2D eigenvalue weighted by Gasteiger charge is 2.01. The van der Waals surface area contributed by atoms with Crippen molar-refractivity contribution in [2.24, 2.45) is 0 Å². The van der Waals surface area contributed by atoms with Crippen LogP contribution in [0.1, 0.15) is 11.1 Å². The number of halogens is 1.